The van der Waals surface area contributed by atoms with E-state index in [4.69, 9.17) is 4.74 Å². The Labute approximate surface area is 189 Å². The predicted molar refractivity (Wildman–Crippen MR) is 120 cm³/mol. The number of allylic oxidation sites excluding steroid dienone is 1. The van der Waals surface area contributed by atoms with Gasteiger partial charge in [0.05, 0.1) is 13.0 Å². The highest BCUT2D eigenvalue weighted by molar-refractivity contribution is 6.31. The molecule has 0 bridgehead atoms. The van der Waals surface area contributed by atoms with Crippen molar-refractivity contribution >= 4 is 23.4 Å². The summed E-state index contributed by atoms with van der Waals surface area (Å²) in [6.07, 6.45) is 4.19. The summed E-state index contributed by atoms with van der Waals surface area (Å²) in [5.74, 6) is -1.24. The lowest BCUT2D eigenvalue weighted by Gasteiger charge is -2.32. The predicted octanol–water partition coefficient (Wildman–Crippen LogP) is 1.23. The Kier molecular flexibility index (Phi) is 5.88. The van der Waals surface area contributed by atoms with Crippen LogP contribution in [0.3, 0.4) is 0 Å². The first kappa shape index (κ1) is 22.4. The van der Waals surface area contributed by atoms with Crippen molar-refractivity contribution < 1.29 is 19.1 Å². The fourth-order valence-electron chi connectivity index (χ4n) is 4.52. The summed E-state index contributed by atoms with van der Waals surface area (Å²) in [7, 11) is 2.88. The van der Waals surface area contributed by atoms with Gasteiger partial charge in [0.15, 0.2) is 0 Å². The summed E-state index contributed by atoms with van der Waals surface area (Å²) < 4.78 is 7.30. The highest BCUT2D eigenvalue weighted by atomic mass is 16.5. The SMILES string of the molecule is CCOC(=O)CCn1cc(CC2CC=C3C(=O)N(C)C(=O)c4cccc2c43)c(=O)n(C)c1=O. The van der Waals surface area contributed by atoms with E-state index in [-0.39, 0.29) is 37.3 Å². The maximum Gasteiger partial charge on any atom is 0.330 e. The molecule has 2 heterocycles. The van der Waals surface area contributed by atoms with E-state index in [1.54, 1.807) is 19.1 Å². The van der Waals surface area contributed by atoms with Gasteiger partial charge in [-0.05, 0) is 37.3 Å². The molecular weight excluding hydrogens is 426 g/mol. The minimum absolute atomic E-state index is 0.0187. The molecule has 9 heteroatoms. The molecule has 2 aliphatic rings. The van der Waals surface area contributed by atoms with Crippen LogP contribution in [0.25, 0.3) is 5.57 Å². The Balaban J connectivity index is 1.69. The number of carbonyl (C=O) groups is 3. The van der Waals surface area contributed by atoms with Crippen LogP contribution in [0.5, 0.6) is 0 Å². The van der Waals surface area contributed by atoms with E-state index in [9.17, 15) is 24.0 Å². The number of likely N-dealkylation sites (N-methyl/N-ethyl adjacent to an activating group) is 1. The van der Waals surface area contributed by atoms with Gasteiger partial charge in [-0.1, -0.05) is 18.2 Å². The van der Waals surface area contributed by atoms with Crippen LogP contribution in [0.1, 0.15) is 52.7 Å². The minimum atomic E-state index is -0.504. The second kappa shape index (κ2) is 8.65. The number of amides is 2. The van der Waals surface area contributed by atoms with Gasteiger partial charge in [0.1, 0.15) is 0 Å². The number of aromatic nitrogens is 2. The van der Waals surface area contributed by atoms with Crippen molar-refractivity contribution in [2.75, 3.05) is 13.7 Å². The van der Waals surface area contributed by atoms with E-state index < -0.39 is 17.2 Å². The highest BCUT2D eigenvalue weighted by Gasteiger charge is 2.37. The first-order chi connectivity index (χ1) is 15.7. The number of imide groups is 1. The van der Waals surface area contributed by atoms with Crippen molar-refractivity contribution in [2.45, 2.75) is 38.6 Å². The molecule has 0 saturated carbocycles. The molecule has 9 nitrogen and oxygen atoms in total. The number of benzene rings is 1. The van der Waals surface area contributed by atoms with Gasteiger partial charge in [-0.25, -0.2) is 4.79 Å². The summed E-state index contributed by atoms with van der Waals surface area (Å²) in [6, 6.07) is 5.36. The largest absolute Gasteiger partial charge is 0.466 e. The number of hydrogen-bond donors (Lipinski definition) is 0. The zero-order valence-corrected chi connectivity index (χ0v) is 18.8. The molecular formula is C24H25N3O6. The number of nitrogens with zero attached hydrogens (tertiary/aromatic N) is 3. The average molecular weight is 451 g/mol. The van der Waals surface area contributed by atoms with Crippen LogP contribution in [0.2, 0.25) is 0 Å². The number of rotatable bonds is 6. The molecule has 0 saturated heterocycles. The van der Waals surface area contributed by atoms with E-state index in [1.165, 1.54) is 24.9 Å². The third-order valence-corrected chi connectivity index (χ3v) is 6.23. The second-order valence-electron chi connectivity index (χ2n) is 8.24. The van der Waals surface area contributed by atoms with Gasteiger partial charge < -0.3 is 4.74 Å². The van der Waals surface area contributed by atoms with Gasteiger partial charge in [0, 0.05) is 49.1 Å². The lowest BCUT2D eigenvalue weighted by atomic mass is 9.76. The Hall–Kier alpha value is -3.75. The average Bonchev–Trinajstić information content (AvgIpc) is 2.81. The molecule has 2 aromatic rings. The van der Waals surface area contributed by atoms with Crippen LogP contribution in [-0.4, -0.2) is 45.5 Å². The van der Waals surface area contributed by atoms with Crippen molar-refractivity contribution in [3.63, 3.8) is 0 Å². The van der Waals surface area contributed by atoms with Gasteiger partial charge in [-0.15, -0.1) is 0 Å². The smallest absolute Gasteiger partial charge is 0.330 e. The van der Waals surface area contributed by atoms with E-state index in [0.717, 1.165) is 15.0 Å². The zero-order chi connectivity index (χ0) is 23.9. The molecule has 0 spiro atoms. The maximum absolute atomic E-state index is 12.8. The number of hydrogen-bond acceptors (Lipinski definition) is 6. The van der Waals surface area contributed by atoms with Crippen LogP contribution < -0.4 is 11.2 Å². The standard InChI is InChI=1S/C24H25N3O6/c1-4-33-19(28)10-11-27-13-15(21(29)26(3)24(27)32)12-14-8-9-18-20-16(14)6-5-7-17(20)22(30)25(2)23(18)31/h5-7,9,13-14H,4,8,10-12H2,1-3H3. The van der Waals surface area contributed by atoms with Crippen LogP contribution >= 0.6 is 0 Å². The molecule has 1 atom stereocenters. The van der Waals surface area contributed by atoms with Crippen molar-refractivity contribution in [1.82, 2.24) is 14.0 Å². The zero-order valence-electron chi connectivity index (χ0n) is 18.8. The van der Waals surface area contributed by atoms with Gasteiger partial charge in [-0.2, -0.15) is 0 Å². The van der Waals surface area contributed by atoms with Crippen molar-refractivity contribution in [2.24, 2.45) is 7.05 Å². The van der Waals surface area contributed by atoms with E-state index in [1.807, 2.05) is 12.1 Å². The number of ether oxygens (including phenoxy) is 1. The van der Waals surface area contributed by atoms with E-state index >= 15 is 0 Å². The molecule has 1 aromatic carbocycles. The molecule has 1 aromatic heterocycles. The molecule has 172 valence electrons. The first-order valence-corrected chi connectivity index (χ1v) is 10.8. The molecule has 0 N–H and O–H groups in total. The highest BCUT2D eigenvalue weighted by Crippen LogP contribution is 2.41. The van der Waals surface area contributed by atoms with Gasteiger partial charge >= 0.3 is 11.7 Å². The molecule has 2 amide bonds. The van der Waals surface area contributed by atoms with Gasteiger partial charge in [-0.3, -0.25) is 33.2 Å². The van der Waals surface area contributed by atoms with Crippen molar-refractivity contribution in [3.05, 3.63) is 73.6 Å². The number of aryl methyl sites for hydroxylation is 1. The number of carbonyl (C=O) groups excluding carboxylic acids is 3. The molecule has 0 fully saturated rings. The normalized spacial score (nSPS) is 17.0. The van der Waals surface area contributed by atoms with Crippen LogP contribution in [0, 0.1) is 0 Å². The van der Waals surface area contributed by atoms with Crippen LogP contribution in [0.15, 0.2) is 40.1 Å². The lowest BCUT2D eigenvalue weighted by molar-refractivity contribution is -0.143. The third-order valence-electron chi connectivity index (χ3n) is 6.23. The molecule has 1 aliphatic carbocycles. The summed E-state index contributed by atoms with van der Waals surface area (Å²) in [5.41, 5.74) is 1.96. The van der Waals surface area contributed by atoms with Gasteiger partial charge in [0.2, 0.25) is 0 Å². The van der Waals surface area contributed by atoms with Crippen LogP contribution in [0.4, 0.5) is 0 Å². The quantitative estimate of drug-likeness (QED) is 0.483. The Morgan fingerprint density at radius 2 is 1.88 bits per heavy atom. The second-order valence-corrected chi connectivity index (χ2v) is 8.24. The summed E-state index contributed by atoms with van der Waals surface area (Å²) in [5, 5.41) is 0. The maximum atomic E-state index is 12.8. The first-order valence-electron chi connectivity index (χ1n) is 10.8. The fourth-order valence-corrected chi connectivity index (χ4v) is 4.52. The van der Waals surface area contributed by atoms with E-state index in [2.05, 4.69) is 0 Å². The molecule has 4 rings (SSSR count). The van der Waals surface area contributed by atoms with Gasteiger partial charge in [0.25, 0.3) is 17.4 Å². The Morgan fingerprint density at radius 3 is 2.61 bits per heavy atom. The molecule has 0 radical (unpaired) electrons. The Morgan fingerprint density at radius 1 is 1.12 bits per heavy atom. The van der Waals surface area contributed by atoms with E-state index in [0.29, 0.717) is 35.1 Å². The number of esters is 1. The van der Waals surface area contributed by atoms with Crippen LogP contribution in [-0.2, 0) is 34.3 Å². The third kappa shape index (κ3) is 3.83. The molecule has 1 aliphatic heterocycles. The summed E-state index contributed by atoms with van der Waals surface area (Å²) in [4.78, 5) is 63.5. The van der Waals surface area contributed by atoms with Crippen molar-refractivity contribution in [1.29, 1.82) is 0 Å². The molecule has 1 unspecified atom stereocenters. The summed E-state index contributed by atoms with van der Waals surface area (Å²) >= 11 is 0. The minimum Gasteiger partial charge on any atom is -0.466 e. The lowest BCUT2D eigenvalue weighted by Crippen LogP contribution is -2.41. The fraction of sp³-hybridized carbons (Fsp3) is 0.375. The monoisotopic (exact) mass is 451 g/mol. The Bertz CT molecular complexity index is 1320. The molecule has 33 heavy (non-hydrogen) atoms. The topological polar surface area (TPSA) is 108 Å². The van der Waals surface area contributed by atoms with Crippen molar-refractivity contribution in [3.8, 4) is 0 Å². The summed E-state index contributed by atoms with van der Waals surface area (Å²) in [6.45, 7) is 2.06.